The maximum atomic E-state index is 5.93. The number of aromatic nitrogens is 3. The summed E-state index contributed by atoms with van der Waals surface area (Å²) in [4.78, 5) is 13.5. The van der Waals surface area contributed by atoms with Crippen LogP contribution in [0.25, 0.3) is 5.95 Å². The molecule has 2 heterocycles. The van der Waals surface area contributed by atoms with E-state index in [-0.39, 0.29) is 0 Å². The van der Waals surface area contributed by atoms with Crippen LogP contribution in [0, 0.1) is 20.8 Å². The van der Waals surface area contributed by atoms with Crippen LogP contribution in [-0.4, -0.2) is 20.4 Å². The predicted molar refractivity (Wildman–Crippen MR) is 89.5 cm³/mol. The van der Waals surface area contributed by atoms with Crippen molar-refractivity contribution < 1.29 is 0 Å². The lowest BCUT2D eigenvalue weighted by molar-refractivity contribution is 0.858. The number of halogens is 1. The molecule has 0 saturated heterocycles. The van der Waals surface area contributed by atoms with Crippen LogP contribution in [0.2, 0.25) is 0 Å². The summed E-state index contributed by atoms with van der Waals surface area (Å²) in [5.74, 6) is 1.79. The van der Waals surface area contributed by atoms with Gasteiger partial charge >= 0.3 is 0 Å². The van der Waals surface area contributed by atoms with E-state index in [0.717, 1.165) is 34.4 Å². The van der Waals surface area contributed by atoms with E-state index in [2.05, 4.69) is 37.8 Å². The summed E-state index contributed by atoms with van der Waals surface area (Å²) in [6.45, 7) is 8.06. The van der Waals surface area contributed by atoms with Gasteiger partial charge in [0, 0.05) is 17.8 Å². The molecule has 0 aliphatic rings. The number of amidine groups is 1. The summed E-state index contributed by atoms with van der Waals surface area (Å²) in [5, 5.41) is 0. The Kier molecular flexibility index (Phi) is 4.77. The molecular formula is C15H20BrN5. The molecule has 2 aromatic rings. The van der Waals surface area contributed by atoms with Gasteiger partial charge < -0.3 is 5.73 Å². The van der Waals surface area contributed by atoms with Gasteiger partial charge in [0.1, 0.15) is 5.84 Å². The molecule has 2 N–H and O–H groups in total. The lowest BCUT2D eigenvalue weighted by Crippen LogP contribution is -2.11. The largest absolute Gasteiger partial charge is 0.387 e. The maximum absolute atomic E-state index is 5.93. The van der Waals surface area contributed by atoms with E-state index >= 15 is 0 Å². The number of hydrogen-bond acceptors (Lipinski definition) is 3. The Morgan fingerprint density at radius 2 is 1.86 bits per heavy atom. The van der Waals surface area contributed by atoms with Crippen molar-refractivity contribution in [3.8, 4) is 5.95 Å². The van der Waals surface area contributed by atoms with Gasteiger partial charge in [-0.15, -0.1) is 0 Å². The first-order chi connectivity index (χ1) is 9.93. The Bertz CT molecular complexity index is 668. The molecule has 112 valence electrons. The second-order valence-corrected chi connectivity index (χ2v) is 5.84. The van der Waals surface area contributed by atoms with E-state index in [9.17, 15) is 0 Å². The average molecular weight is 350 g/mol. The molecule has 0 aliphatic carbocycles. The molecule has 0 aromatic carbocycles. The van der Waals surface area contributed by atoms with Crippen LogP contribution >= 0.6 is 15.9 Å². The fourth-order valence-corrected chi connectivity index (χ4v) is 2.40. The van der Waals surface area contributed by atoms with Crippen LogP contribution < -0.4 is 5.73 Å². The van der Waals surface area contributed by atoms with E-state index in [4.69, 9.17) is 5.73 Å². The molecule has 0 fully saturated rings. The van der Waals surface area contributed by atoms with Crippen LogP contribution in [0.5, 0.6) is 0 Å². The van der Waals surface area contributed by atoms with Crippen LogP contribution in [0.1, 0.15) is 36.8 Å². The molecule has 0 spiro atoms. The fourth-order valence-electron chi connectivity index (χ4n) is 2.14. The van der Waals surface area contributed by atoms with Crippen molar-refractivity contribution in [3.05, 3.63) is 33.7 Å². The molecule has 0 aliphatic heterocycles. The van der Waals surface area contributed by atoms with Gasteiger partial charge in [0.05, 0.1) is 10.2 Å². The quantitative estimate of drug-likeness (QED) is 0.675. The lowest BCUT2D eigenvalue weighted by atomic mass is 10.3. The molecule has 21 heavy (non-hydrogen) atoms. The first-order valence-electron chi connectivity index (χ1n) is 6.96. The van der Waals surface area contributed by atoms with Crippen molar-refractivity contribution in [2.24, 2.45) is 10.7 Å². The minimum atomic E-state index is 0.580. The second-order valence-electron chi connectivity index (χ2n) is 5.05. The smallest absolute Gasteiger partial charge is 0.236 e. The normalized spacial score (nSPS) is 12.0. The summed E-state index contributed by atoms with van der Waals surface area (Å²) in [6.07, 6.45) is 1.71. The number of rotatable bonds is 4. The highest BCUT2D eigenvalue weighted by Gasteiger charge is 2.13. The van der Waals surface area contributed by atoms with E-state index in [1.807, 2.05) is 37.5 Å². The van der Waals surface area contributed by atoms with Crippen LogP contribution in [0.4, 0.5) is 5.82 Å². The SMILES string of the molecule is CCCC(N)=Nc1nc(-n2c(C)ccc2C)nc(C)c1Br. The van der Waals surface area contributed by atoms with Gasteiger partial charge in [0.2, 0.25) is 5.95 Å². The van der Waals surface area contributed by atoms with E-state index in [1.54, 1.807) is 0 Å². The molecule has 2 rings (SSSR count). The molecule has 5 nitrogen and oxygen atoms in total. The predicted octanol–water partition coefficient (Wildman–Crippen LogP) is 3.74. The summed E-state index contributed by atoms with van der Waals surface area (Å²) in [6, 6.07) is 4.09. The van der Waals surface area contributed by atoms with Crippen molar-refractivity contribution in [3.63, 3.8) is 0 Å². The highest BCUT2D eigenvalue weighted by molar-refractivity contribution is 9.10. The van der Waals surface area contributed by atoms with Crippen molar-refractivity contribution in [2.75, 3.05) is 0 Å². The van der Waals surface area contributed by atoms with Gasteiger partial charge in [0.15, 0.2) is 5.82 Å². The Morgan fingerprint density at radius 3 is 2.43 bits per heavy atom. The van der Waals surface area contributed by atoms with Gasteiger partial charge in [-0.1, -0.05) is 6.92 Å². The Morgan fingerprint density at radius 1 is 1.24 bits per heavy atom. The average Bonchev–Trinajstić information content (AvgIpc) is 2.74. The third kappa shape index (κ3) is 3.32. The van der Waals surface area contributed by atoms with Crippen molar-refractivity contribution in [1.29, 1.82) is 0 Å². The molecule has 0 saturated carbocycles. The number of aryl methyl sites for hydroxylation is 3. The minimum Gasteiger partial charge on any atom is -0.387 e. The van der Waals surface area contributed by atoms with Crippen LogP contribution in [-0.2, 0) is 0 Å². The van der Waals surface area contributed by atoms with Gasteiger partial charge in [-0.3, -0.25) is 4.57 Å². The van der Waals surface area contributed by atoms with Crippen molar-refractivity contribution in [1.82, 2.24) is 14.5 Å². The standard InChI is InChI=1S/C15H20BrN5/c1-5-6-12(17)19-14-13(16)11(4)18-15(20-14)21-9(2)7-8-10(21)3/h7-8H,5-6H2,1-4H3,(H2,17,18,19,20). The third-order valence-electron chi connectivity index (χ3n) is 3.21. The van der Waals surface area contributed by atoms with E-state index < -0.39 is 0 Å². The minimum absolute atomic E-state index is 0.580. The number of hydrogen-bond donors (Lipinski definition) is 1. The highest BCUT2D eigenvalue weighted by Crippen LogP contribution is 2.27. The maximum Gasteiger partial charge on any atom is 0.236 e. The molecule has 2 aromatic heterocycles. The summed E-state index contributed by atoms with van der Waals surface area (Å²) in [7, 11) is 0. The third-order valence-corrected chi connectivity index (χ3v) is 4.14. The highest BCUT2D eigenvalue weighted by atomic mass is 79.9. The first-order valence-corrected chi connectivity index (χ1v) is 7.75. The second kappa shape index (κ2) is 6.39. The zero-order chi connectivity index (χ0) is 15.6. The van der Waals surface area contributed by atoms with E-state index in [1.165, 1.54) is 0 Å². The number of nitrogens with two attached hydrogens (primary N) is 1. The fraction of sp³-hybridized carbons (Fsp3) is 0.400. The molecule has 0 amide bonds. The Labute approximate surface area is 133 Å². The summed E-state index contributed by atoms with van der Waals surface area (Å²) in [5.41, 5.74) is 8.95. The lowest BCUT2D eigenvalue weighted by Gasteiger charge is -2.11. The molecule has 6 heteroatoms. The molecule has 0 atom stereocenters. The van der Waals surface area contributed by atoms with Gasteiger partial charge in [-0.25, -0.2) is 9.98 Å². The summed E-state index contributed by atoms with van der Waals surface area (Å²) >= 11 is 3.50. The Balaban J connectivity index is 2.56. The molecule has 0 unspecified atom stereocenters. The molecular weight excluding hydrogens is 330 g/mol. The monoisotopic (exact) mass is 349 g/mol. The van der Waals surface area contributed by atoms with E-state index in [0.29, 0.717) is 17.6 Å². The van der Waals surface area contributed by atoms with Crippen molar-refractivity contribution >= 4 is 27.6 Å². The van der Waals surface area contributed by atoms with Crippen molar-refractivity contribution in [2.45, 2.75) is 40.5 Å². The topological polar surface area (TPSA) is 69.1 Å². The first kappa shape index (κ1) is 15.7. The zero-order valence-corrected chi connectivity index (χ0v) is 14.4. The summed E-state index contributed by atoms with van der Waals surface area (Å²) < 4.78 is 2.79. The molecule has 0 radical (unpaired) electrons. The van der Waals surface area contributed by atoms with Crippen LogP contribution in [0.15, 0.2) is 21.6 Å². The number of aliphatic imine (C=N–C) groups is 1. The molecule has 0 bridgehead atoms. The zero-order valence-electron chi connectivity index (χ0n) is 12.8. The van der Waals surface area contributed by atoms with Gasteiger partial charge in [-0.05, 0) is 55.3 Å². The Hall–Kier alpha value is -1.69. The van der Waals surface area contributed by atoms with Crippen LogP contribution in [0.3, 0.4) is 0 Å². The van der Waals surface area contributed by atoms with Gasteiger partial charge in [-0.2, -0.15) is 4.98 Å². The number of nitrogens with zero attached hydrogens (tertiary/aromatic N) is 4. The van der Waals surface area contributed by atoms with Gasteiger partial charge in [0.25, 0.3) is 0 Å².